The van der Waals surface area contributed by atoms with Gasteiger partial charge in [-0.1, -0.05) is 18.2 Å². The van der Waals surface area contributed by atoms with Gasteiger partial charge in [0.15, 0.2) is 0 Å². The number of likely N-dealkylation sites (tertiary alicyclic amines) is 1. The van der Waals surface area contributed by atoms with Crippen LogP contribution in [0.5, 0.6) is 0 Å². The van der Waals surface area contributed by atoms with E-state index in [0.29, 0.717) is 0 Å². The monoisotopic (exact) mass is 345 g/mol. The molecule has 1 N–H and O–H groups in total. The molecule has 1 aliphatic carbocycles. The van der Waals surface area contributed by atoms with Crippen LogP contribution >= 0.6 is 0 Å². The number of hydrogen-bond donors (Lipinski definition) is 1. The Morgan fingerprint density at radius 1 is 1.12 bits per heavy atom. The molecular weight excluding hydrogens is 322 g/mol. The maximum Gasteiger partial charge on any atom is 0.145 e. The summed E-state index contributed by atoms with van der Waals surface area (Å²) in [6, 6.07) is 11.0. The van der Waals surface area contributed by atoms with Gasteiger partial charge in [-0.05, 0) is 49.4 Å². The number of anilines is 2. The van der Waals surface area contributed by atoms with Gasteiger partial charge in [-0.2, -0.15) is 0 Å². The summed E-state index contributed by atoms with van der Waals surface area (Å²) < 4.78 is 0. The van der Waals surface area contributed by atoms with Crippen LogP contribution in [0.15, 0.2) is 42.9 Å². The molecule has 1 aromatic carbocycles. The molecule has 0 bridgehead atoms. The van der Waals surface area contributed by atoms with Crippen molar-refractivity contribution in [2.45, 2.75) is 24.7 Å². The number of aromatic amines is 1. The number of rotatable bonds is 3. The van der Waals surface area contributed by atoms with Gasteiger partial charge in [-0.15, -0.1) is 0 Å². The van der Waals surface area contributed by atoms with E-state index in [0.717, 1.165) is 29.3 Å². The molecule has 4 heterocycles. The number of fused-ring (bicyclic) bond motifs is 3. The second-order valence-electron chi connectivity index (χ2n) is 8.25. The fourth-order valence-corrected chi connectivity index (χ4v) is 5.02. The summed E-state index contributed by atoms with van der Waals surface area (Å²) in [4.78, 5) is 17.4. The Labute approximate surface area is 153 Å². The smallest absolute Gasteiger partial charge is 0.145 e. The van der Waals surface area contributed by atoms with Crippen molar-refractivity contribution < 1.29 is 0 Å². The molecule has 6 rings (SSSR count). The molecule has 1 spiro atoms. The molecule has 132 valence electrons. The molecule has 3 aromatic rings. The van der Waals surface area contributed by atoms with Gasteiger partial charge in [0, 0.05) is 36.9 Å². The fourth-order valence-electron chi connectivity index (χ4n) is 5.02. The van der Waals surface area contributed by atoms with Crippen molar-refractivity contribution in [2.75, 3.05) is 31.1 Å². The minimum absolute atomic E-state index is 0.235. The zero-order valence-electron chi connectivity index (χ0n) is 14.9. The number of benzene rings is 1. The van der Waals surface area contributed by atoms with E-state index < -0.39 is 0 Å². The van der Waals surface area contributed by atoms with Gasteiger partial charge < -0.3 is 14.8 Å². The Morgan fingerprint density at radius 3 is 2.96 bits per heavy atom. The van der Waals surface area contributed by atoms with Crippen molar-refractivity contribution >= 4 is 22.5 Å². The van der Waals surface area contributed by atoms with Crippen LogP contribution in [0.3, 0.4) is 0 Å². The molecule has 2 fully saturated rings. The quantitative estimate of drug-likeness (QED) is 0.790. The summed E-state index contributed by atoms with van der Waals surface area (Å²) in [5, 5.41) is 1.10. The molecule has 2 aliphatic heterocycles. The number of nitrogens with zero attached hydrogens (tertiary/aromatic N) is 4. The lowest BCUT2D eigenvalue weighted by atomic mass is 9.81. The van der Waals surface area contributed by atoms with Crippen LogP contribution in [-0.4, -0.2) is 46.0 Å². The molecule has 5 heteroatoms. The molecule has 2 aromatic heterocycles. The molecular formula is C21H23N5. The van der Waals surface area contributed by atoms with E-state index in [4.69, 9.17) is 0 Å². The topological polar surface area (TPSA) is 48.1 Å². The summed E-state index contributed by atoms with van der Waals surface area (Å²) in [5.41, 5.74) is 3.97. The van der Waals surface area contributed by atoms with E-state index in [2.05, 4.69) is 55.1 Å². The van der Waals surface area contributed by atoms with E-state index in [9.17, 15) is 0 Å². The zero-order chi connectivity index (χ0) is 17.1. The maximum atomic E-state index is 4.67. The van der Waals surface area contributed by atoms with E-state index in [-0.39, 0.29) is 5.41 Å². The van der Waals surface area contributed by atoms with Gasteiger partial charge in [0.25, 0.3) is 0 Å². The lowest BCUT2D eigenvalue weighted by molar-refractivity contribution is 0.303. The molecule has 1 atom stereocenters. The third-order valence-electron chi connectivity index (χ3n) is 6.46. The number of para-hydroxylation sites is 1. The molecule has 0 radical (unpaired) electrons. The molecule has 0 unspecified atom stereocenters. The second-order valence-corrected chi connectivity index (χ2v) is 8.25. The van der Waals surface area contributed by atoms with Crippen LogP contribution in [0.2, 0.25) is 0 Å². The maximum absolute atomic E-state index is 4.67. The molecule has 0 amide bonds. The minimum atomic E-state index is 0.235. The van der Waals surface area contributed by atoms with Crippen LogP contribution in [0.25, 0.3) is 11.0 Å². The predicted molar refractivity (Wildman–Crippen MR) is 103 cm³/mol. The minimum Gasteiger partial charge on any atom is -0.346 e. The predicted octanol–water partition coefficient (Wildman–Crippen LogP) is 3.46. The fraction of sp³-hybridized carbons (Fsp3) is 0.429. The first-order valence-corrected chi connectivity index (χ1v) is 9.70. The van der Waals surface area contributed by atoms with Gasteiger partial charge in [0.2, 0.25) is 0 Å². The van der Waals surface area contributed by atoms with Crippen molar-refractivity contribution in [3.8, 4) is 0 Å². The summed E-state index contributed by atoms with van der Waals surface area (Å²) in [5.74, 6) is 1.99. The first-order chi connectivity index (χ1) is 12.8. The third kappa shape index (κ3) is 2.13. The van der Waals surface area contributed by atoms with Crippen LogP contribution in [0.4, 0.5) is 11.5 Å². The Bertz CT molecular complexity index is 975. The second kappa shape index (κ2) is 5.30. The highest BCUT2D eigenvalue weighted by molar-refractivity contribution is 5.91. The molecule has 3 aliphatic rings. The van der Waals surface area contributed by atoms with Crippen LogP contribution < -0.4 is 4.90 Å². The highest BCUT2D eigenvalue weighted by Crippen LogP contribution is 2.49. The number of aromatic nitrogens is 3. The van der Waals surface area contributed by atoms with Crippen molar-refractivity contribution in [3.05, 3.63) is 48.4 Å². The van der Waals surface area contributed by atoms with Crippen LogP contribution in [0, 0.1) is 5.92 Å². The molecule has 5 nitrogen and oxygen atoms in total. The van der Waals surface area contributed by atoms with E-state index >= 15 is 0 Å². The van der Waals surface area contributed by atoms with E-state index in [1.165, 1.54) is 50.1 Å². The standard InChI is InChI=1S/C21H23N5/c1-2-4-18-17(3-1)21(8-10-25(12-21)11-15-5-6-15)13-26(18)20-16-7-9-22-19(16)23-14-24-20/h1-4,7,9,14-15H,5-6,8,10-13H2,(H,22,23,24)/t21-/m1/s1. The van der Waals surface area contributed by atoms with Crippen LogP contribution in [-0.2, 0) is 5.41 Å². The highest BCUT2D eigenvalue weighted by Gasteiger charge is 2.48. The van der Waals surface area contributed by atoms with Gasteiger partial charge in [0.1, 0.15) is 17.8 Å². The average molecular weight is 345 g/mol. The summed E-state index contributed by atoms with van der Waals surface area (Å²) in [7, 11) is 0. The van der Waals surface area contributed by atoms with Crippen LogP contribution in [0.1, 0.15) is 24.8 Å². The normalized spacial score (nSPS) is 25.5. The molecule has 1 saturated heterocycles. The van der Waals surface area contributed by atoms with E-state index in [1.54, 1.807) is 6.33 Å². The van der Waals surface area contributed by atoms with E-state index in [1.807, 2.05) is 6.20 Å². The number of nitrogens with one attached hydrogen (secondary N) is 1. The van der Waals surface area contributed by atoms with Gasteiger partial charge >= 0.3 is 0 Å². The van der Waals surface area contributed by atoms with Gasteiger partial charge in [-0.25, -0.2) is 9.97 Å². The Morgan fingerprint density at radius 2 is 2.04 bits per heavy atom. The van der Waals surface area contributed by atoms with Gasteiger partial charge in [-0.3, -0.25) is 0 Å². The Balaban J connectivity index is 1.42. The zero-order valence-corrected chi connectivity index (χ0v) is 14.9. The SMILES string of the molecule is c1ccc2c(c1)N(c1ncnc3[nH]ccc13)C[C@]21CCN(CC2CC2)C1. The lowest BCUT2D eigenvalue weighted by Gasteiger charge is -2.26. The number of H-pyrrole nitrogens is 1. The van der Waals surface area contributed by atoms with Crippen molar-refractivity contribution in [1.29, 1.82) is 0 Å². The van der Waals surface area contributed by atoms with Crippen molar-refractivity contribution in [1.82, 2.24) is 19.9 Å². The highest BCUT2D eigenvalue weighted by atomic mass is 15.3. The summed E-state index contributed by atoms with van der Waals surface area (Å²) >= 11 is 0. The summed E-state index contributed by atoms with van der Waals surface area (Å²) in [6.07, 6.45) is 7.73. The summed E-state index contributed by atoms with van der Waals surface area (Å²) in [6.45, 7) is 4.71. The third-order valence-corrected chi connectivity index (χ3v) is 6.46. The Hall–Kier alpha value is -2.40. The lowest BCUT2D eigenvalue weighted by Crippen LogP contribution is -2.35. The van der Waals surface area contributed by atoms with Crippen molar-refractivity contribution in [3.63, 3.8) is 0 Å². The first-order valence-electron chi connectivity index (χ1n) is 9.70. The molecule has 26 heavy (non-hydrogen) atoms. The average Bonchev–Trinajstić information content (AvgIpc) is 3.08. The number of hydrogen-bond acceptors (Lipinski definition) is 4. The van der Waals surface area contributed by atoms with Crippen molar-refractivity contribution in [2.24, 2.45) is 5.92 Å². The Kier molecular flexibility index (Phi) is 3.00. The van der Waals surface area contributed by atoms with Gasteiger partial charge in [0.05, 0.1) is 5.39 Å². The first kappa shape index (κ1) is 14.7. The largest absolute Gasteiger partial charge is 0.346 e. The molecule has 1 saturated carbocycles.